The summed E-state index contributed by atoms with van der Waals surface area (Å²) in [6.45, 7) is 10.5. The number of aliphatic imine (C=N–C) groups is 1. The van der Waals surface area contributed by atoms with Crippen molar-refractivity contribution in [2.75, 3.05) is 39.3 Å². The van der Waals surface area contributed by atoms with Crippen LogP contribution in [0.15, 0.2) is 72.1 Å². The first kappa shape index (κ1) is 25.9. The summed E-state index contributed by atoms with van der Waals surface area (Å²) in [6, 6.07) is 14.6. The molecule has 1 aliphatic heterocycles. The molecule has 3 heterocycles. The molecule has 0 radical (unpaired) electrons. The second-order valence-corrected chi connectivity index (χ2v) is 8.14. The maximum absolute atomic E-state index is 4.88. The molecule has 0 saturated carbocycles. The molecule has 0 unspecified atom stereocenters. The van der Waals surface area contributed by atoms with E-state index in [4.69, 9.17) is 4.99 Å². The molecule has 1 fully saturated rings. The van der Waals surface area contributed by atoms with E-state index >= 15 is 0 Å². The third kappa shape index (κ3) is 7.14. The van der Waals surface area contributed by atoms with Crippen LogP contribution < -0.4 is 5.32 Å². The van der Waals surface area contributed by atoms with Crippen LogP contribution in [0.5, 0.6) is 0 Å². The van der Waals surface area contributed by atoms with Crippen molar-refractivity contribution in [2.24, 2.45) is 4.99 Å². The van der Waals surface area contributed by atoms with E-state index in [-0.39, 0.29) is 24.0 Å². The molecule has 3 aromatic rings. The molecule has 0 amide bonds. The molecule has 4 rings (SSSR count). The molecular formula is C26H34IN7. The molecule has 34 heavy (non-hydrogen) atoms. The van der Waals surface area contributed by atoms with Crippen molar-refractivity contribution in [3.05, 3.63) is 84.1 Å². The Balaban J connectivity index is 0.00000324. The molecule has 1 aliphatic rings. The summed E-state index contributed by atoms with van der Waals surface area (Å²) in [5, 5.41) is 3.45. The molecule has 0 aliphatic carbocycles. The van der Waals surface area contributed by atoms with E-state index in [1.807, 2.05) is 36.0 Å². The first-order chi connectivity index (χ1) is 16.2. The summed E-state index contributed by atoms with van der Waals surface area (Å²) in [6.07, 6.45) is 10.1. The van der Waals surface area contributed by atoms with Gasteiger partial charge in [0.1, 0.15) is 11.6 Å². The van der Waals surface area contributed by atoms with Gasteiger partial charge in [-0.25, -0.2) is 15.0 Å². The lowest BCUT2D eigenvalue weighted by atomic mass is 10.2. The number of guanidine groups is 1. The molecule has 8 heteroatoms. The van der Waals surface area contributed by atoms with Gasteiger partial charge >= 0.3 is 0 Å². The smallest absolute Gasteiger partial charge is 0.194 e. The monoisotopic (exact) mass is 571 g/mol. The number of aryl methyl sites for hydroxylation is 1. The van der Waals surface area contributed by atoms with Crippen LogP contribution in [0.25, 0.3) is 11.9 Å². The quantitative estimate of drug-likeness (QED) is 0.264. The molecular weight excluding hydrogens is 537 g/mol. The first-order valence-corrected chi connectivity index (χ1v) is 11.7. The van der Waals surface area contributed by atoms with Crippen molar-refractivity contribution in [3.63, 3.8) is 0 Å². The Kier molecular flexibility index (Phi) is 10.1. The Morgan fingerprint density at radius 3 is 2.50 bits per heavy atom. The van der Waals surface area contributed by atoms with E-state index < -0.39 is 0 Å². The van der Waals surface area contributed by atoms with Gasteiger partial charge in [0.25, 0.3) is 0 Å². The minimum absolute atomic E-state index is 0. The number of pyridine rings is 1. The fraction of sp³-hybridized carbons (Fsp3) is 0.346. The van der Waals surface area contributed by atoms with Crippen molar-refractivity contribution < 1.29 is 0 Å². The van der Waals surface area contributed by atoms with E-state index in [0.29, 0.717) is 6.54 Å². The topological polar surface area (TPSA) is 61.6 Å². The number of benzene rings is 1. The third-order valence-electron chi connectivity index (χ3n) is 5.77. The maximum atomic E-state index is 4.88. The average molecular weight is 572 g/mol. The molecule has 1 saturated heterocycles. The van der Waals surface area contributed by atoms with Crippen LogP contribution in [-0.2, 0) is 6.54 Å². The highest BCUT2D eigenvalue weighted by Crippen LogP contribution is 2.10. The molecule has 0 atom stereocenters. The van der Waals surface area contributed by atoms with Crippen molar-refractivity contribution in [2.45, 2.75) is 20.4 Å². The highest BCUT2D eigenvalue weighted by atomic mass is 127. The standard InChI is InChI=1S/C26H33N7.HI/c1-3-27-26(30-21-24-11-12-25(29-20-24)33-15-13-28-22(33)2)32-18-16-31(17-19-32)14-7-10-23-8-5-4-6-9-23;/h4-13,15,20H,3,14,16-19,21H2,1-2H3,(H,27,30);1H/b10-7+;. The van der Waals surface area contributed by atoms with Gasteiger partial charge in [0.2, 0.25) is 0 Å². The normalized spacial score (nSPS) is 14.9. The fourth-order valence-corrected chi connectivity index (χ4v) is 3.91. The van der Waals surface area contributed by atoms with E-state index in [0.717, 1.165) is 62.4 Å². The van der Waals surface area contributed by atoms with Crippen molar-refractivity contribution in [1.82, 2.24) is 29.7 Å². The van der Waals surface area contributed by atoms with Gasteiger partial charge in [-0.15, -0.1) is 24.0 Å². The number of hydrogen-bond acceptors (Lipinski definition) is 4. The summed E-state index contributed by atoms with van der Waals surface area (Å²) in [4.78, 5) is 18.6. The summed E-state index contributed by atoms with van der Waals surface area (Å²) in [5.41, 5.74) is 2.34. The number of imidazole rings is 1. The van der Waals surface area contributed by atoms with Crippen molar-refractivity contribution in [3.8, 4) is 5.82 Å². The summed E-state index contributed by atoms with van der Waals surface area (Å²) < 4.78 is 1.98. The predicted octanol–water partition coefficient (Wildman–Crippen LogP) is 3.99. The molecule has 1 N–H and O–H groups in total. The van der Waals surface area contributed by atoms with Gasteiger partial charge in [-0.3, -0.25) is 9.47 Å². The van der Waals surface area contributed by atoms with Crippen LogP contribution in [0, 0.1) is 6.92 Å². The molecule has 7 nitrogen and oxygen atoms in total. The molecule has 1 aromatic carbocycles. The Hall–Kier alpha value is -2.72. The van der Waals surface area contributed by atoms with Crippen molar-refractivity contribution in [1.29, 1.82) is 0 Å². The number of piperazine rings is 1. The van der Waals surface area contributed by atoms with Gasteiger partial charge in [0.15, 0.2) is 5.96 Å². The zero-order valence-corrected chi connectivity index (χ0v) is 22.3. The highest BCUT2D eigenvalue weighted by molar-refractivity contribution is 14.0. The fourth-order valence-electron chi connectivity index (χ4n) is 3.91. The van der Waals surface area contributed by atoms with Gasteiger partial charge in [0, 0.05) is 57.9 Å². The predicted molar refractivity (Wildman–Crippen MR) is 150 cm³/mol. The summed E-state index contributed by atoms with van der Waals surface area (Å²) in [7, 11) is 0. The van der Waals surface area contributed by atoms with Gasteiger partial charge in [-0.2, -0.15) is 0 Å². The van der Waals surface area contributed by atoms with E-state index in [1.165, 1.54) is 5.56 Å². The van der Waals surface area contributed by atoms with Gasteiger partial charge in [-0.05, 0) is 31.0 Å². The number of nitrogens with zero attached hydrogens (tertiary/aromatic N) is 6. The second-order valence-electron chi connectivity index (χ2n) is 8.14. The summed E-state index contributed by atoms with van der Waals surface area (Å²) in [5.74, 6) is 2.78. The average Bonchev–Trinajstić information content (AvgIpc) is 3.29. The van der Waals surface area contributed by atoms with Crippen LogP contribution >= 0.6 is 24.0 Å². The Morgan fingerprint density at radius 2 is 1.85 bits per heavy atom. The number of nitrogens with one attached hydrogen (secondary N) is 1. The van der Waals surface area contributed by atoms with Crippen LogP contribution in [0.3, 0.4) is 0 Å². The lowest BCUT2D eigenvalue weighted by molar-refractivity contribution is 0.194. The number of rotatable bonds is 7. The molecule has 0 spiro atoms. The molecule has 0 bridgehead atoms. The number of hydrogen-bond donors (Lipinski definition) is 1. The minimum Gasteiger partial charge on any atom is -0.357 e. The van der Waals surface area contributed by atoms with Gasteiger partial charge in [0.05, 0.1) is 6.54 Å². The lowest BCUT2D eigenvalue weighted by Crippen LogP contribution is -2.52. The maximum Gasteiger partial charge on any atom is 0.194 e. The number of aromatic nitrogens is 3. The van der Waals surface area contributed by atoms with E-state index in [9.17, 15) is 0 Å². The van der Waals surface area contributed by atoms with Crippen LogP contribution in [0.1, 0.15) is 23.9 Å². The second kappa shape index (κ2) is 13.2. The first-order valence-electron chi connectivity index (χ1n) is 11.7. The van der Waals surface area contributed by atoms with Crippen molar-refractivity contribution >= 4 is 36.0 Å². The Morgan fingerprint density at radius 1 is 1.06 bits per heavy atom. The van der Waals surface area contributed by atoms with E-state index in [2.05, 4.69) is 74.5 Å². The van der Waals surface area contributed by atoms with E-state index in [1.54, 1.807) is 6.20 Å². The molecule has 2 aromatic heterocycles. The highest BCUT2D eigenvalue weighted by Gasteiger charge is 2.18. The summed E-state index contributed by atoms with van der Waals surface area (Å²) >= 11 is 0. The van der Waals surface area contributed by atoms with Gasteiger partial charge < -0.3 is 10.2 Å². The van der Waals surface area contributed by atoms with Crippen LogP contribution in [-0.4, -0.2) is 69.6 Å². The minimum atomic E-state index is 0. The Labute approximate surface area is 219 Å². The lowest BCUT2D eigenvalue weighted by Gasteiger charge is -2.36. The zero-order chi connectivity index (χ0) is 22.9. The zero-order valence-electron chi connectivity index (χ0n) is 20.0. The Bertz CT molecular complexity index is 1050. The van der Waals surface area contributed by atoms with Gasteiger partial charge in [-0.1, -0.05) is 48.6 Å². The van der Waals surface area contributed by atoms with Crippen LogP contribution in [0.4, 0.5) is 0 Å². The number of halogens is 1. The molecule has 180 valence electrons. The largest absolute Gasteiger partial charge is 0.357 e. The third-order valence-corrected chi connectivity index (χ3v) is 5.77. The SMILES string of the molecule is CCNC(=NCc1ccc(-n2ccnc2C)nc1)N1CCN(C/C=C/c2ccccc2)CC1.I. The van der Waals surface area contributed by atoms with Crippen LogP contribution in [0.2, 0.25) is 0 Å².